The zero-order chi connectivity index (χ0) is 30.2. The number of likely N-dealkylation sites (tertiary alicyclic amines) is 1. The third-order valence-corrected chi connectivity index (χ3v) is 9.42. The zero-order valence-corrected chi connectivity index (χ0v) is 26.4. The van der Waals surface area contributed by atoms with E-state index in [1.165, 1.54) is 11.9 Å². The Bertz CT molecular complexity index is 1580. The molecule has 224 valence electrons. The summed E-state index contributed by atoms with van der Waals surface area (Å²) in [6.07, 6.45) is 5.83. The SMILES string of the molecule is CSNC(=O)c1nc(Cl)ccc1NC(C)c1cc(C)cc2c(=O)n(C)c(N3CCC4(CCN(C(C)=O)CC4)CC3)nc12. The molecule has 2 aromatic heterocycles. The number of hydrogen-bond acceptors (Lipinski definition) is 8. The normalized spacial score (nSPS) is 17.4. The van der Waals surface area contributed by atoms with Crippen LogP contribution in [-0.4, -0.2) is 63.7 Å². The molecule has 2 N–H and O–H groups in total. The Morgan fingerprint density at radius 2 is 1.74 bits per heavy atom. The molecule has 0 saturated carbocycles. The fourth-order valence-electron chi connectivity index (χ4n) is 6.31. The number of halogens is 1. The number of pyridine rings is 1. The summed E-state index contributed by atoms with van der Waals surface area (Å²) in [5.41, 5.74) is 3.34. The molecular formula is C30H38ClN7O3S. The number of aromatic nitrogens is 3. The molecule has 0 aliphatic carbocycles. The van der Waals surface area contributed by atoms with Crippen LogP contribution in [0.4, 0.5) is 11.6 Å². The van der Waals surface area contributed by atoms with Crippen LogP contribution in [0.5, 0.6) is 0 Å². The van der Waals surface area contributed by atoms with Crippen LogP contribution < -0.4 is 20.5 Å². The van der Waals surface area contributed by atoms with Crippen molar-refractivity contribution >= 4 is 57.9 Å². The van der Waals surface area contributed by atoms with Crippen molar-refractivity contribution in [2.45, 2.75) is 52.5 Å². The molecular weight excluding hydrogens is 574 g/mol. The van der Waals surface area contributed by atoms with Gasteiger partial charge >= 0.3 is 0 Å². The van der Waals surface area contributed by atoms with Crippen molar-refractivity contribution < 1.29 is 9.59 Å². The monoisotopic (exact) mass is 611 g/mol. The van der Waals surface area contributed by atoms with Gasteiger partial charge in [0.15, 0.2) is 5.69 Å². The van der Waals surface area contributed by atoms with Crippen molar-refractivity contribution in [3.8, 4) is 0 Å². The highest BCUT2D eigenvalue weighted by Gasteiger charge is 2.39. The number of carbonyl (C=O) groups is 2. The summed E-state index contributed by atoms with van der Waals surface area (Å²) in [5, 5.41) is 4.20. The highest BCUT2D eigenvalue weighted by atomic mass is 35.5. The average Bonchev–Trinajstić information content (AvgIpc) is 2.96. The molecule has 2 aliphatic rings. The Morgan fingerprint density at radius 1 is 1.07 bits per heavy atom. The van der Waals surface area contributed by atoms with E-state index in [1.807, 2.05) is 30.9 Å². The van der Waals surface area contributed by atoms with E-state index in [1.54, 1.807) is 36.9 Å². The van der Waals surface area contributed by atoms with Crippen LogP contribution in [-0.2, 0) is 11.8 Å². The standard InChI is InChI=1S/C30H38ClN7O3S/c1-18-16-21(19(2)32-23-6-7-24(31)33-26(23)27(40)35-42-5)25-22(17-18)28(41)36(4)29(34-25)38-14-10-30(11-15-38)8-12-37(13-9-30)20(3)39/h6-7,16-17,19,32H,8-15H2,1-5H3,(H,35,40). The number of fused-ring (bicyclic) bond motifs is 1. The van der Waals surface area contributed by atoms with Gasteiger partial charge in [-0.25, -0.2) is 9.97 Å². The number of benzene rings is 1. The molecule has 1 unspecified atom stereocenters. The van der Waals surface area contributed by atoms with Crippen LogP contribution in [0.1, 0.15) is 67.2 Å². The van der Waals surface area contributed by atoms with Crippen molar-refractivity contribution in [3.05, 3.63) is 56.6 Å². The molecule has 2 amide bonds. The van der Waals surface area contributed by atoms with Gasteiger partial charge in [0.25, 0.3) is 11.5 Å². The second-order valence-corrected chi connectivity index (χ2v) is 12.6. The minimum absolute atomic E-state index is 0.0876. The van der Waals surface area contributed by atoms with E-state index in [-0.39, 0.29) is 39.7 Å². The van der Waals surface area contributed by atoms with Crippen molar-refractivity contribution in [2.24, 2.45) is 12.5 Å². The quantitative estimate of drug-likeness (QED) is 0.305. The molecule has 5 rings (SSSR count). The summed E-state index contributed by atoms with van der Waals surface area (Å²) < 4.78 is 4.37. The first-order valence-corrected chi connectivity index (χ1v) is 15.9. The third kappa shape index (κ3) is 5.94. The predicted octanol–water partition coefficient (Wildman–Crippen LogP) is 4.70. The number of piperidine rings is 2. The van der Waals surface area contributed by atoms with E-state index in [0.29, 0.717) is 22.5 Å². The second kappa shape index (κ2) is 12.1. The molecule has 1 aromatic carbocycles. The van der Waals surface area contributed by atoms with Gasteiger partial charge in [-0.3, -0.25) is 23.7 Å². The van der Waals surface area contributed by atoms with Crippen LogP contribution in [0, 0.1) is 12.3 Å². The number of amides is 2. The zero-order valence-electron chi connectivity index (χ0n) is 24.8. The molecule has 2 fully saturated rings. The largest absolute Gasteiger partial charge is 0.377 e. The van der Waals surface area contributed by atoms with Gasteiger partial charge in [-0.05, 0) is 68.7 Å². The minimum atomic E-state index is -0.349. The Morgan fingerprint density at radius 3 is 2.38 bits per heavy atom. The van der Waals surface area contributed by atoms with Gasteiger partial charge in [0.05, 0.1) is 22.6 Å². The Hall–Kier alpha value is -3.31. The number of nitrogens with one attached hydrogen (secondary N) is 2. The molecule has 2 aliphatic heterocycles. The predicted molar refractivity (Wildman–Crippen MR) is 169 cm³/mol. The van der Waals surface area contributed by atoms with Crippen molar-refractivity contribution in [2.75, 3.05) is 42.7 Å². The maximum Gasteiger partial charge on any atom is 0.281 e. The molecule has 42 heavy (non-hydrogen) atoms. The minimum Gasteiger partial charge on any atom is -0.377 e. The number of carbonyl (C=O) groups excluding carboxylic acids is 2. The molecule has 4 heterocycles. The van der Waals surface area contributed by atoms with Crippen LogP contribution >= 0.6 is 23.5 Å². The molecule has 0 bridgehead atoms. The van der Waals surface area contributed by atoms with Gasteiger partial charge in [0.2, 0.25) is 11.9 Å². The van der Waals surface area contributed by atoms with Crippen molar-refractivity contribution in [1.82, 2.24) is 24.2 Å². The molecule has 12 heteroatoms. The Kier molecular flexibility index (Phi) is 8.71. The summed E-state index contributed by atoms with van der Waals surface area (Å²) in [7, 11) is 1.79. The first-order chi connectivity index (χ1) is 20.0. The first kappa shape index (κ1) is 30.2. The van der Waals surface area contributed by atoms with Crippen LogP contribution in [0.15, 0.2) is 29.1 Å². The van der Waals surface area contributed by atoms with Gasteiger partial charge in [0, 0.05) is 52.0 Å². The molecule has 1 spiro atoms. The van der Waals surface area contributed by atoms with Crippen LogP contribution in [0.2, 0.25) is 5.15 Å². The molecule has 3 aromatic rings. The van der Waals surface area contributed by atoms with Crippen molar-refractivity contribution in [1.29, 1.82) is 0 Å². The lowest BCUT2D eigenvalue weighted by molar-refractivity contribution is -0.131. The summed E-state index contributed by atoms with van der Waals surface area (Å²) in [5.74, 6) is 0.464. The van der Waals surface area contributed by atoms with E-state index < -0.39 is 0 Å². The van der Waals surface area contributed by atoms with E-state index in [9.17, 15) is 14.4 Å². The van der Waals surface area contributed by atoms with Crippen molar-refractivity contribution in [3.63, 3.8) is 0 Å². The summed E-state index contributed by atoms with van der Waals surface area (Å²) in [6, 6.07) is 7.01. The van der Waals surface area contributed by atoms with Crippen LogP contribution in [0.3, 0.4) is 0 Å². The number of hydrogen-bond donors (Lipinski definition) is 2. The average molecular weight is 612 g/mol. The molecule has 1 atom stereocenters. The Labute approximate surface area is 255 Å². The van der Waals surface area contributed by atoms with E-state index in [4.69, 9.17) is 16.6 Å². The van der Waals surface area contributed by atoms with E-state index >= 15 is 0 Å². The fourth-order valence-corrected chi connectivity index (χ4v) is 6.74. The summed E-state index contributed by atoms with van der Waals surface area (Å²) in [6.45, 7) is 8.85. The molecule has 0 radical (unpaired) electrons. The maximum atomic E-state index is 13.7. The van der Waals surface area contributed by atoms with Gasteiger partial charge < -0.3 is 15.1 Å². The molecule has 2 saturated heterocycles. The van der Waals surface area contributed by atoms with Gasteiger partial charge in [-0.2, -0.15) is 0 Å². The van der Waals surface area contributed by atoms with E-state index in [0.717, 1.165) is 63.0 Å². The summed E-state index contributed by atoms with van der Waals surface area (Å²) >= 11 is 7.30. The highest BCUT2D eigenvalue weighted by molar-refractivity contribution is 7.97. The van der Waals surface area contributed by atoms with Gasteiger partial charge in [0.1, 0.15) is 5.15 Å². The number of anilines is 2. The fraction of sp³-hybridized carbons (Fsp3) is 0.500. The second-order valence-electron chi connectivity index (χ2n) is 11.6. The van der Waals surface area contributed by atoms with Gasteiger partial charge in [-0.1, -0.05) is 29.6 Å². The molecule has 10 nitrogen and oxygen atoms in total. The maximum absolute atomic E-state index is 13.7. The number of nitrogens with zero attached hydrogens (tertiary/aromatic N) is 5. The topological polar surface area (TPSA) is 112 Å². The van der Waals surface area contributed by atoms with E-state index in [2.05, 4.69) is 19.9 Å². The first-order valence-electron chi connectivity index (χ1n) is 14.3. The lowest BCUT2D eigenvalue weighted by atomic mass is 9.71. The number of rotatable bonds is 6. The summed E-state index contributed by atoms with van der Waals surface area (Å²) in [4.78, 5) is 51.7. The lowest BCUT2D eigenvalue weighted by Crippen LogP contribution is -2.48. The number of aryl methyl sites for hydroxylation is 1. The van der Waals surface area contributed by atoms with Gasteiger partial charge in [-0.15, -0.1) is 0 Å². The van der Waals surface area contributed by atoms with Crippen LogP contribution in [0.25, 0.3) is 10.9 Å². The highest BCUT2D eigenvalue weighted by Crippen LogP contribution is 2.42. The Balaban J connectivity index is 1.45. The third-order valence-electron chi connectivity index (χ3n) is 8.82. The lowest BCUT2D eigenvalue weighted by Gasteiger charge is -2.47. The smallest absolute Gasteiger partial charge is 0.281 e.